The fourth-order valence-corrected chi connectivity index (χ4v) is 2.20. The highest BCUT2D eigenvalue weighted by Crippen LogP contribution is 2.32. The van der Waals surface area contributed by atoms with Crippen molar-refractivity contribution in [1.29, 1.82) is 0 Å². The molecule has 4 nitrogen and oxygen atoms in total. The Labute approximate surface area is 126 Å². The number of hydrogen-bond acceptors (Lipinski definition) is 2. The highest BCUT2D eigenvalue weighted by atomic mass is 19.4. The highest BCUT2D eigenvalue weighted by Gasteiger charge is 2.36. The molecule has 1 rings (SSSR count). The van der Waals surface area contributed by atoms with Crippen LogP contribution in [-0.2, 0) is 22.2 Å². The number of nitrogens with one attached hydrogen (secondary N) is 1. The van der Waals surface area contributed by atoms with Crippen LogP contribution in [0.25, 0.3) is 0 Å². The molecule has 1 unspecified atom stereocenters. The van der Waals surface area contributed by atoms with Crippen LogP contribution in [0.15, 0.2) is 24.3 Å². The Hall–Kier alpha value is -2.05. The van der Waals surface area contributed by atoms with Crippen molar-refractivity contribution in [1.82, 2.24) is 5.32 Å². The fraction of sp³-hybridized carbons (Fsp3) is 0.467. The summed E-state index contributed by atoms with van der Waals surface area (Å²) in [7, 11) is 0. The number of benzene rings is 1. The van der Waals surface area contributed by atoms with Crippen molar-refractivity contribution in [2.45, 2.75) is 44.8 Å². The average Bonchev–Trinajstić information content (AvgIpc) is 2.37. The molecular weight excluding hydrogens is 299 g/mol. The van der Waals surface area contributed by atoms with E-state index in [1.807, 2.05) is 0 Å². The molecule has 22 heavy (non-hydrogen) atoms. The number of hydrogen-bond donors (Lipinski definition) is 2. The predicted octanol–water partition coefficient (Wildman–Crippen LogP) is 3.01. The lowest BCUT2D eigenvalue weighted by Gasteiger charge is -2.26. The molecule has 1 aromatic carbocycles. The van der Waals surface area contributed by atoms with Crippen LogP contribution in [-0.4, -0.2) is 22.5 Å². The number of carbonyl (C=O) groups excluding carboxylic acids is 1. The predicted molar refractivity (Wildman–Crippen MR) is 74.2 cm³/mol. The molecule has 0 fully saturated rings. The molecule has 0 radical (unpaired) electrons. The zero-order valence-corrected chi connectivity index (χ0v) is 12.3. The van der Waals surface area contributed by atoms with E-state index < -0.39 is 35.6 Å². The van der Waals surface area contributed by atoms with Crippen molar-refractivity contribution in [2.24, 2.45) is 0 Å². The minimum atomic E-state index is -4.56. The Morgan fingerprint density at radius 1 is 1.23 bits per heavy atom. The van der Waals surface area contributed by atoms with E-state index in [4.69, 9.17) is 5.11 Å². The van der Waals surface area contributed by atoms with Gasteiger partial charge < -0.3 is 10.4 Å². The van der Waals surface area contributed by atoms with Crippen LogP contribution in [0, 0.1) is 0 Å². The van der Waals surface area contributed by atoms with E-state index in [1.54, 1.807) is 6.92 Å². The maximum atomic E-state index is 12.9. The Balaban J connectivity index is 2.92. The van der Waals surface area contributed by atoms with Gasteiger partial charge in [-0.2, -0.15) is 13.2 Å². The van der Waals surface area contributed by atoms with Crippen molar-refractivity contribution >= 4 is 11.9 Å². The monoisotopic (exact) mass is 317 g/mol. The smallest absolute Gasteiger partial charge is 0.416 e. The third-order valence-electron chi connectivity index (χ3n) is 3.31. The van der Waals surface area contributed by atoms with Gasteiger partial charge in [0.15, 0.2) is 0 Å². The van der Waals surface area contributed by atoms with Gasteiger partial charge in [0.05, 0.1) is 12.0 Å². The molecular formula is C15H18F3NO3. The zero-order chi connectivity index (χ0) is 17.0. The van der Waals surface area contributed by atoms with Gasteiger partial charge in [-0.3, -0.25) is 4.79 Å². The van der Waals surface area contributed by atoms with E-state index in [-0.39, 0.29) is 12.0 Å². The summed E-state index contributed by atoms with van der Waals surface area (Å²) >= 11 is 0. The van der Waals surface area contributed by atoms with Crippen molar-refractivity contribution in [3.05, 3.63) is 35.4 Å². The largest absolute Gasteiger partial charge is 0.480 e. The molecule has 0 bridgehead atoms. The number of carboxylic acid groups (broad SMARTS) is 1. The number of aliphatic carboxylic acids is 1. The van der Waals surface area contributed by atoms with Crippen LogP contribution in [0.2, 0.25) is 0 Å². The number of carbonyl (C=O) groups is 2. The Morgan fingerprint density at radius 3 is 2.32 bits per heavy atom. The molecule has 2 N–H and O–H groups in total. The summed E-state index contributed by atoms with van der Waals surface area (Å²) in [6, 6.07) is 4.74. The first-order valence-corrected chi connectivity index (χ1v) is 6.79. The van der Waals surface area contributed by atoms with E-state index in [9.17, 15) is 22.8 Å². The molecule has 0 aromatic heterocycles. The number of alkyl halides is 3. The standard InChI is InChI=1S/C15H18F3NO3/c1-3-8-14(2,13(21)22)19-12(20)9-10-6-4-5-7-11(10)15(16,17)18/h4-7H,3,8-9H2,1-2H3,(H,19,20)(H,21,22). The third-order valence-corrected chi connectivity index (χ3v) is 3.31. The Kier molecular flexibility index (Phi) is 5.57. The van der Waals surface area contributed by atoms with Crippen molar-refractivity contribution in [3.8, 4) is 0 Å². The van der Waals surface area contributed by atoms with E-state index >= 15 is 0 Å². The molecule has 1 aromatic rings. The first kappa shape index (κ1) is 18.0. The number of halogens is 3. The van der Waals surface area contributed by atoms with Crippen molar-refractivity contribution in [3.63, 3.8) is 0 Å². The van der Waals surface area contributed by atoms with Crippen LogP contribution in [0.5, 0.6) is 0 Å². The minimum Gasteiger partial charge on any atom is -0.480 e. The van der Waals surface area contributed by atoms with Gasteiger partial charge in [0.25, 0.3) is 0 Å². The fourth-order valence-electron chi connectivity index (χ4n) is 2.20. The van der Waals surface area contributed by atoms with Gasteiger partial charge in [-0.1, -0.05) is 31.5 Å². The maximum absolute atomic E-state index is 12.9. The number of rotatable bonds is 6. The molecule has 0 aliphatic carbocycles. The molecule has 0 saturated carbocycles. The van der Waals surface area contributed by atoms with Crippen LogP contribution in [0.1, 0.15) is 37.8 Å². The lowest BCUT2D eigenvalue weighted by molar-refractivity contribution is -0.147. The first-order chi connectivity index (χ1) is 10.1. The van der Waals surface area contributed by atoms with Gasteiger partial charge in [-0.05, 0) is 25.0 Å². The second-order valence-electron chi connectivity index (χ2n) is 5.27. The van der Waals surface area contributed by atoms with Crippen LogP contribution >= 0.6 is 0 Å². The number of carboxylic acids is 1. The summed E-state index contributed by atoms with van der Waals surface area (Å²) in [4.78, 5) is 23.2. The molecule has 122 valence electrons. The van der Waals surface area contributed by atoms with E-state index in [2.05, 4.69) is 5.32 Å². The summed E-state index contributed by atoms with van der Waals surface area (Å²) in [5.74, 6) is -1.97. The van der Waals surface area contributed by atoms with Gasteiger partial charge in [-0.25, -0.2) is 4.79 Å². The quantitative estimate of drug-likeness (QED) is 0.847. The molecule has 0 heterocycles. The van der Waals surface area contributed by atoms with Gasteiger partial charge in [0.1, 0.15) is 5.54 Å². The van der Waals surface area contributed by atoms with Gasteiger partial charge in [-0.15, -0.1) is 0 Å². The maximum Gasteiger partial charge on any atom is 0.416 e. The number of amides is 1. The van der Waals surface area contributed by atoms with E-state index in [0.717, 1.165) is 6.07 Å². The van der Waals surface area contributed by atoms with Gasteiger partial charge in [0.2, 0.25) is 5.91 Å². The van der Waals surface area contributed by atoms with E-state index in [1.165, 1.54) is 25.1 Å². The molecule has 0 spiro atoms. The molecule has 1 atom stereocenters. The lowest BCUT2D eigenvalue weighted by Crippen LogP contribution is -2.52. The van der Waals surface area contributed by atoms with Crippen molar-refractivity contribution < 1.29 is 27.9 Å². The van der Waals surface area contributed by atoms with E-state index in [0.29, 0.717) is 6.42 Å². The Morgan fingerprint density at radius 2 is 1.82 bits per heavy atom. The summed E-state index contributed by atoms with van der Waals surface area (Å²) in [6.45, 7) is 3.10. The second kappa shape index (κ2) is 6.81. The molecule has 1 amide bonds. The van der Waals surface area contributed by atoms with Crippen LogP contribution < -0.4 is 5.32 Å². The van der Waals surface area contributed by atoms with Gasteiger partial charge >= 0.3 is 12.1 Å². The molecule has 0 saturated heterocycles. The van der Waals surface area contributed by atoms with Crippen LogP contribution in [0.4, 0.5) is 13.2 Å². The highest BCUT2D eigenvalue weighted by molar-refractivity contribution is 5.87. The molecule has 0 aliphatic rings. The van der Waals surface area contributed by atoms with Crippen molar-refractivity contribution in [2.75, 3.05) is 0 Å². The summed E-state index contributed by atoms with van der Waals surface area (Å²) in [6.07, 6.45) is -4.38. The summed E-state index contributed by atoms with van der Waals surface area (Å²) in [5, 5.41) is 11.5. The Bertz CT molecular complexity index is 557. The first-order valence-electron chi connectivity index (χ1n) is 6.79. The topological polar surface area (TPSA) is 66.4 Å². The summed E-state index contributed by atoms with van der Waals surface area (Å²) < 4.78 is 38.6. The van der Waals surface area contributed by atoms with Crippen LogP contribution in [0.3, 0.4) is 0 Å². The molecule has 0 aliphatic heterocycles. The SMILES string of the molecule is CCCC(C)(NC(=O)Cc1ccccc1C(F)(F)F)C(=O)O. The average molecular weight is 317 g/mol. The molecule has 7 heteroatoms. The normalized spacial score (nSPS) is 14.2. The lowest BCUT2D eigenvalue weighted by atomic mass is 9.95. The third kappa shape index (κ3) is 4.47. The summed E-state index contributed by atoms with van der Waals surface area (Å²) in [5.41, 5.74) is -2.56. The second-order valence-corrected chi connectivity index (χ2v) is 5.27. The minimum absolute atomic E-state index is 0.184. The zero-order valence-electron chi connectivity index (χ0n) is 12.3. The van der Waals surface area contributed by atoms with Gasteiger partial charge in [0, 0.05) is 0 Å².